The molecule has 0 aliphatic carbocycles. The molecule has 0 saturated carbocycles. The van der Waals surface area contributed by atoms with Gasteiger partial charge in [-0.05, 0) is 80.4 Å². The largest absolute Gasteiger partial charge is 0.465 e. The Bertz CT molecular complexity index is 1040. The normalized spacial score (nSPS) is 16.3. The van der Waals surface area contributed by atoms with Gasteiger partial charge in [-0.2, -0.15) is 0 Å². The summed E-state index contributed by atoms with van der Waals surface area (Å²) >= 11 is 6.08. The number of carbonyl (C=O) groups is 1. The molecule has 0 radical (unpaired) electrons. The molecule has 1 aliphatic rings. The van der Waals surface area contributed by atoms with Crippen LogP contribution in [0.4, 0.5) is 0 Å². The molecule has 5 nitrogen and oxygen atoms in total. The van der Waals surface area contributed by atoms with Crippen LogP contribution in [0, 0.1) is 12.8 Å². The third kappa shape index (κ3) is 5.67. The summed E-state index contributed by atoms with van der Waals surface area (Å²) in [6.45, 7) is 4.67. The number of likely N-dealkylation sites (tertiary alicyclic amines) is 1. The van der Waals surface area contributed by atoms with E-state index in [1.807, 2.05) is 61.5 Å². The van der Waals surface area contributed by atoms with E-state index in [0.717, 1.165) is 55.1 Å². The molecule has 0 spiro atoms. The second-order valence-electron chi connectivity index (χ2n) is 8.19. The highest BCUT2D eigenvalue weighted by Crippen LogP contribution is 2.26. The molecule has 166 valence electrons. The number of hydrogen-bond acceptors (Lipinski definition) is 4. The Morgan fingerprint density at radius 3 is 2.69 bits per heavy atom. The molecule has 3 aromatic rings. The monoisotopic (exact) mass is 449 g/mol. The number of piperidine rings is 1. The van der Waals surface area contributed by atoms with Gasteiger partial charge in [0.25, 0.3) is 0 Å². The molecular formula is C26H28ClN3O2. The van der Waals surface area contributed by atoms with Gasteiger partial charge in [-0.25, -0.2) is 0 Å². The van der Waals surface area contributed by atoms with Crippen molar-refractivity contribution in [3.05, 3.63) is 94.7 Å². The zero-order valence-corrected chi connectivity index (χ0v) is 19.0. The number of nitrogens with one attached hydrogen (secondary N) is 1. The Morgan fingerprint density at radius 1 is 1.22 bits per heavy atom. The minimum atomic E-state index is -0.296. The van der Waals surface area contributed by atoms with Crippen LogP contribution in [0.5, 0.6) is 0 Å². The molecule has 1 N–H and O–H groups in total. The fraction of sp³-hybridized carbons (Fsp3) is 0.308. The first-order valence-corrected chi connectivity index (χ1v) is 11.4. The van der Waals surface area contributed by atoms with Crippen molar-refractivity contribution < 1.29 is 9.21 Å². The zero-order chi connectivity index (χ0) is 22.3. The van der Waals surface area contributed by atoms with Crippen molar-refractivity contribution in [2.45, 2.75) is 25.8 Å². The standard InChI is InChI=1S/C26H28ClN3O2/c1-19-5-2-14-28-24(19)25(20-8-10-22(27)11-9-20)29-26(31)21-12-16-30(17-13-21)15-3-6-23-7-4-18-32-23/h2-11,14,18,21,25H,12-13,15-17H2,1H3,(H,29,31)/b6-3+. The van der Waals surface area contributed by atoms with Gasteiger partial charge >= 0.3 is 0 Å². The lowest BCUT2D eigenvalue weighted by Crippen LogP contribution is -2.42. The van der Waals surface area contributed by atoms with E-state index >= 15 is 0 Å². The minimum absolute atomic E-state index is 0.000813. The summed E-state index contributed by atoms with van der Waals surface area (Å²) < 4.78 is 5.33. The Balaban J connectivity index is 1.38. The minimum Gasteiger partial charge on any atom is -0.465 e. The number of carbonyl (C=O) groups excluding carboxylic acids is 1. The maximum absolute atomic E-state index is 13.2. The van der Waals surface area contributed by atoms with Crippen molar-refractivity contribution in [2.24, 2.45) is 5.92 Å². The highest BCUT2D eigenvalue weighted by molar-refractivity contribution is 6.30. The van der Waals surface area contributed by atoms with Crippen LogP contribution in [0.15, 0.2) is 71.5 Å². The summed E-state index contributed by atoms with van der Waals surface area (Å²) in [5.74, 6) is 0.942. The topological polar surface area (TPSA) is 58.4 Å². The van der Waals surface area contributed by atoms with Gasteiger partial charge in [0.15, 0.2) is 0 Å². The van der Waals surface area contributed by atoms with E-state index in [1.54, 1.807) is 12.5 Å². The number of benzene rings is 1. The summed E-state index contributed by atoms with van der Waals surface area (Å²) in [4.78, 5) is 20.1. The van der Waals surface area contributed by atoms with Crippen LogP contribution in [0.2, 0.25) is 5.02 Å². The van der Waals surface area contributed by atoms with Gasteiger partial charge < -0.3 is 9.73 Å². The Labute approximate surface area is 194 Å². The SMILES string of the molecule is Cc1cccnc1C(NC(=O)C1CCN(C/C=C/c2ccco2)CC1)c1ccc(Cl)cc1. The van der Waals surface area contributed by atoms with Crippen LogP contribution in [0.3, 0.4) is 0 Å². The Kier molecular flexibility index (Phi) is 7.40. The number of halogens is 1. The molecule has 4 rings (SSSR count). The summed E-state index contributed by atoms with van der Waals surface area (Å²) in [6.07, 6.45) is 9.23. The van der Waals surface area contributed by atoms with Crippen molar-refractivity contribution in [1.29, 1.82) is 0 Å². The average Bonchev–Trinajstić information content (AvgIpc) is 3.33. The van der Waals surface area contributed by atoms with Crippen molar-refractivity contribution >= 4 is 23.6 Å². The molecule has 1 fully saturated rings. The fourth-order valence-electron chi connectivity index (χ4n) is 4.11. The number of hydrogen-bond donors (Lipinski definition) is 1. The van der Waals surface area contributed by atoms with Crippen LogP contribution in [-0.2, 0) is 4.79 Å². The van der Waals surface area contributed by atoms with Gasteiger partial charge in [0.2, 0.25) is 5.91 Å². The van der Waals surface area contributed by atoms with Crippen LogP contribution < -0.4 is 5.32 Å². The summed E-state index contributed by atoms with van der Waals surface area (Å²) in [5.41, 5.74) is 2.89. The highest BCUT2D eigenvalue weighted by Gasteiger charge is 2.28. The smallest absolute Gasteiger partial charge is 0.224 e. The molecular weight excluding hydrogens is 422 g/mol. The lowest BCUT2D eigenvalue weighted by Gasteiger charge is -2.31. The van der Waals surface area contributed by atoms with Crippen molar-refractivity contribution in [3.63, 3.8) is 0 Å². The lowest BCUT2D eigenvalue weighted by atomic mass is 9.94. The molecule has 1 atom stereocenters. The molecule has 1 amide bonds. The number of pyridine rings is 1. The van der Waals surface area contributed by atoms with E-state index < -0.39 is 0 Å². The molecule has 1 unspecified atom stereocenters. The van der Waals surface area contributed by atoms with Gasteiger partial charge in [-0.3, -0.25) is 14.7 Å². The number of rotatable bonds is 7. The van der Waals surface area contributed by atoms with Crippen molar-refractivity contribution in [1.82, 2.24) is 15.2 Å². The second-order valence-corrected chi connectivity index (χ2v) is 8.63. The van der Waals surface area contributed by atoms with E-state index in [0.29, 0.717) is 5.02 Å². The average molecular weight is 450 g/mol. The van der Waals surface area contributed by atoms with Crippen molar-refractivity contribution in [2.75, 3.05) is 19.6 Å². The molecule has 32 heavy (non-hydrogen) atoms. The second kappa shape index (κ2) is 10.6. The summed E-state index contributed by atoms with van der Waals surface area (Å²) in [7, 11) is 0. The summed E-state index contributed by atoms with van der Waals surface area (Å²) in [5, 5.41) is 3.94. The first-order chi connectivity index (χ1) is 15.6. The highest BCUT2D eigenvalue weighted by atomic mass is 35.5. The predicted molar refractivity (Wildman–Crippen MR) is 127 cm³/mol. The quantitative estimate of drug-likeness (QED) is 0.534. The van der Waals surface area contributed by atoms with Gasteiger partial charge in [0, 0.05) is 23.7 Å². The Hall–Kier alpha value is -2.89. The van der Waals surface area contributed by atoms with Crippen molar-refractivity contribution in [3.8, 4) is 0 Å². The van der Waals surface area contributed by atoms with Gasteiger partial charge in [0.05, 0.1) is 18.0 Å². The van der Waals surface area contributed by atoms with E-state index in [-0.39, 0.29) is 17.9 Å². The number of nitrogens with zero attached hydrogens (tertiary/aromatic N) is 2. The van der Waals surface area contributed by atoms with Crippen LogP contribution in [0.1, 0.15) is 41.5 Å². The number of amides is 1. The number of aryl methyl sites for hydroxylation is 1. The molecule has 6 heteroatoms. The molecule has 1 aliphatic heterocycles. The molecule has 2 aromatic heterocycles. The summed E-state index contributed by atoms with van der Waals surface area (Å²) in [6, 6.07) is 15.1. The van der Waals surface area contributed by atoms with Gasteiger partial charge in [0.1, 0.15) is 5.76 Å². The lowest BCUT2D eigenvalue weighted by molar-refractivity contribution is -0.126. The molecule has 3 heterocycles. The van der Waals surface area contributed by atoms with Gasteiger partial charge in [-0.1, -0.05) is 35.9 Å². The third-order valence-electron chi connectivity index (χ3n) is 5.96. The molecule has 1 aromatic carbocycles. The van der Waals surface area contributed by atoms with Crippen LogP contribution in [-0.4, -0.2) is 35.4 Å². The van der Waals surface area contributed by atoms with E-state index in [1.165, 1.54) is 0 Å². The van der Waals surface area contributed by atoms with Gasteiger partial charge in [-0.15, -0.1) is 0 Å². The maximum Gasteiger partial charge on any atom is 0.224 e. The van der Waals surface area contributed by atoms with Crippen LogP contribution >= 0.6 is 11.6 Å². The van der Waals surface area contributed by atoms with E-state index in [4.69, 9.17) is 16.0 Å². The maximum atomic E-state index is 13.2. The first kappa shape index (κ1) is 22.3. The zero-order valence-electron chi connectivity index (χ0n) is 18.2. The molecule has 1 saturated heterocycles. The number of aromatic nitrogens is 1. The number of furan rings is 1. The van der Waals surface area contributed by atoms with E-state index in [9.17, 15) is 4.79 Å². The Morgan fingerprint density at radius 2 is 2.00 bits per heavy atom. The first-order valence-electron chi connectivity index (χ1n) is 11.0. The van der Waals surface area contributed by atoms with E-state index in [2.05, 4.69) is 21.3 Å². The predicted octanol–water partition coefficient (Wildman–Crippen LogP) is 5.27. The fourth-order valence-corrected chi connectivity index (χ4v) is 4.23. The third-order valence-corrected chi connectivity index (χ3v) is 6.21. The van der Waals surface area contributed by atoms with Crippen LogP contribution in [0.25, 0.3) is 6.08 Å². The molecule has 0 bridgehead atoms.